The summed E-state index contributed by atoms with van der Waals surface area (Å²) in [5.41, 5.74) is 2.84. The van der Waals surface area contributed by atoms with Gasteiger partial charge in [-0.2, -0.15) is 0 Å². The maximum absolute atomic E-state index is 13.0. The van der Waals surface area contributed by atoms with Crippen molar-refractivity contribution in [2.75, 3.05) is 26.2 Å². The number of aryl methyl sites for hydroxylation is 1. The molecule has 5 nitrogen and oxygen atoms in total. The molecule has 0 N–H and O–H groups in total. The van der Waals surface area contributed by atoms with Crippen LogP contribution in [-0.4, -0.2) is 57.5 Å². The van der Waals surface area contributed by atoms with Gasteiger partial charge in [-0.25, -0.2) is 4.98 Å². The molecule has 0 unspecified atom stereocenters. The summed E-state index contributed by atoms with van der Waals surface area (Å²) in [4.78, 5) is 22.3. The Balaban J connectivity index is 1.28. The lowest BCUT2D eigenvalue weighted by atomic mass is 9.94. The quantitative estimate of drug-likeness (QED) is 0.645. The summed E-state index contributed by atoms with van der Waals surface area (Å²) in [7, 11) is 2.06. The number of rotatable bonds is 3. The van der Waals surface area contributed by atoms with E-state index in [4.69, 9.17) is 4.98 Å². The lowest BCUT2D eigenvalue weighted by molar-refractivity contribution is 0.0519. The van der Waals surface area contributed by atoms with Gasteiger partial charge in [-0.15, -0.1) is 11.3 Å². The van der Waals surface area contributed by atoms with Crippen LogP contribution in [0.3, 0.4) is 0 Å². The SMILES string of the molecule is Cn1c(-c2nc(C(=O)N3CCN(C4CCCCC4)CC3)cs2)cc2ccccc21. The van der Waals surface area contributed by atoms with Gasteiger partial charge >= 0.3 is 0 Å². The van der Waals surface area contributed by atoms with E-state index in [0.717, 1.165) is 42.9 Å². The van der Waals surface area contributed by atoms with E-state index in [1.54, 1.807) is 11.3 Å². The molecule has 2 fully saturated rings. The van der Waals surface area contributed by atoms with Gasteiger partial charge in [0.15, 0.2) is 0 Å². The van der Waals surface area contributed by atoms with Crippen molar-refractivity contribution in [3.63, 3.8) is 0 Å². The lowest BCUT2D eigenvalue weighted by Crippen LogP contribution is -2.52. The predicted octanol–water partition coefficient (Wildman–Crippen LogP) is 4.39. The third-order valence-electron chi connectivity index (χ3n) is 6.59. The Morgan fingerprint density at radius 1 is 1.07 bits per heavy atom. The van der Waals surface area contributed by atoms with Crippen molar-refractivity contribution in [3.8, 4) is 10.7 Å². The van der Waals surface area contributed by atoms with E-state index < -0.39 is 0 Å². The smallest absolute Gasteiger partial charge is 0.273 e. The molecule has 1 aliphatic heterocycles. The summed E-state index contributed by atoms with van der Waals surface area (Å²) in [5.74, 6) is 0.0783. The normalized spacial score (nSPS) is 19.1. The zero-order valence-corrected chi connectivity index (χ0v) is 17.8. The van der Waals surface area contributed by atoms with E-state index in [2.05, 4.69) is 46.8 Å². The average Bonchev–Trinajstić information content (AvgIpc) is 3.39. The molecule has 3 aromatic rings. The molecule has 1 amide bonds. The van der Waals surface area contributed by atoms with Crippen LogP contribution in [0.25, 0.3) is 21.6 Å². The summed E-state index contributed by atoms with van der Waals surface area (Å²) in [6.45, 7) is 3.62. The highest BCUT2D eigenvalue weighted by molar-refractivity contribution is 7.13. The Kier molecular flexibility index (Phi) is 5.14. The molecule has 29 heavy (non-hydrogen) atoms. The number of hydrogen-bond acceptors (Lipinski definition) is 4. The molecule has 0 atom stereocenters. The Morgan fingerprint density at radius 2 is 1.83 bits per heavy atom. The molecule has 1 saturated heterocycles. The number of hydrogen-bond donors (Lipinski definition) is 0. The highest BCUT2D eigenvalue weighted by Gasteiger charge is 2.28. The van der Waals surface area contributed by atoms with Crippen LogP contribution < -0.4 is 0 Å². The zero-order valence-electron chi connectivity index (χ0n) is 17.0. The number of piperazine rings is 1. The number of nitrogens with zero attached hydrogens (tertiary/aromatic N) is 4. The number of fused-ring (bicyclic) bond motifs is 1. The first-order valence-electron chi connectivity index (χ1n) is 10.7. The third kappa shape index (κ3) is 3.60. The van der Waals surface area contributed by atoms with Crippen LogP contribution in [-0.2, 0) is 7.05 Å². The van der Waals surface area contributed by atoms with E-state index in [1.165, 1.54) is 43.0 Å². The molecule has 0 spiro atoms. The first-order chi connectivity index (χ1) is 14.2. The molecule has 1 aromatic carbocycles. The molecule has 3 heterocycles. The number of aromatic nitrogens is 2. The van der Waals surface area contributed by atoms with Gasteiger partial charge < -0.3 is 9.47 Å². The van der Waals surface area contributed by atoms with Crippen molar-refractivity contribution >= 4 is 28.1 Å². The van der Waals surface area contributed by atoms with Gasteiger partial charge in [-0.3, -0.25) is 9.69 Å². The second-order valence-electron chi connectivity index (χ2n) is 8.31. The number of thiazole rings is 1. The monoisotopic (exact) mass is 408 g/mol. The fraction of sp³-hybridized carbons (Fsp3) is 0.478. The highest BCUT2D eigenvalue weighted by atomic mass is 32.1. The second-order valence-corrected chi connectivity index (χ2v) is 9.16. The maximum atomic E-state index is 13.0. The van der Waals surface area contributed by atoms with Crippen LogP contribution in [0.5, 0.6) is 0 Å². The number of amides is 1. The molecular formula is C23H28N4OS. The molecule has 1 saturated carbocycles. The van der Waals surface area contributed by atoms with Gasteiger partial charge in [-0.05, 0) is 25.0 Å². The topological polar surface area (TPSA) is 41.4 Å². The van der Waals surface area contributed by atoms with Crippen LogP contribution in [0.2, 0.25) is 0 Å². The molecule has 152 valence electrons. The molecule has 1 aliphatic carbocycles. The Labute approximate surface area is 175 Å². The van der Waals surface area contributed by atoms with Gasteiger partial charge in [0.1, 0.15) is 10.7 Å². The minimum atomic E-state index is 0.0783. The largest absolute Gasteiger partial charge is 0.342 e. The van der Waals surface area contributed by atoms with E-state index in [0.29, 0.717) is 5.69 Å². The number of benzene rings is 1. The Bertz CT molecular complexity index is 1010. The summed E-state index contributed by atoms with van der Waals surface area (Å²) in [5, 5.41) is 4.03. The Hall–Kier alpha value is -2.18. The minimum absolute atomic E-state index is 0.0783. The Morgan fingerprint density at radius 3 is 2.59 bits per heavy atom. The molecule has 0 radical (unpaired) electrons. The maximum Gasteiger partial charge on any atom is 0.273 e. The van der Waals surface area contributed by atoms with Crippen molar-refractivity contribution < 1.29 is 4.79 Å². The molecular weight excluding hydrogens is 380 g/mol. The first-order valence-corrected chi connectivity index (χ1v) is 11.6. The minimum Gasteiger partial charge on any atom is -0.342 e. The fourth-order valence-electron chi connectivity index (χ4n) is 4.88. The van der Waals surface area contributed by atoms with Crippen molar-refractivity contribution in [1.82, 2.24) is 19.4 Å². The van der Waals surface area contributed by atoms with Crippen molar-refractivity contribution in [1.29, 1.82) is 0 Å². The van der Waals surface area contributed by atoms with Crippen molar-refractivity contribution in [2.45, 2.75) is 38.1 Å². The van der Waals surface area contributed by atoms with Crippen LogP contribution in [0.1, 0.15) is 42.6 Å². The van der Waals surface area contributed by atoms with E-state index in [9.17, 15) is 4.79 Å². The van der Waals surface area contributed by atoms with E-state index in [-0.39, 0.29) is 5.91 Å². The number of carbonyl (C=O) groups excluding carboxylic acids is 1. The van der Waals surface area contributed by atoms with Gasteiger partial charge in [0, 0.05) is 55.6 Å². The zero-order chi connectivity index (χ0) is 19.8. The summed E-state index contributed by atoms with van der Waals surface area (Å²) in [6.07, 6.45) is 6.76. The van der Waals surface area contributed by atoms with Crippen LogP contribution in [0, 0.1) is 0 Å². The summed E-state index contributed by atoms with van der Waals surface area (Å²) < 4.78 is 2.16. The lowest BCUT2D eigenvalue weighted by Gasteiger charge is -2.40. The molecule has 5 rings (SSSR count). The van der Waals surface area contributed by atoms with Gasteiger partial charge in [-0.1, -0.05) is 37.5 Å². The fourth-order valence-corrected chi connectivity index (χ4v) is 5.73. The molecule has 0 bridgehead atoms. The van der Waals surface area contributed by atoms with E-state index >= 15 is 0 Å². The van der Waals surface area contributed by atoms with E-state index in [1.807, 2.05) is 10.3 Å². The summed E-state index contributed by atoms with van der Waals surface area (Å²) >= 11 is 1.56. The van der Waals surface area contributed by atoms with Crippen LogP contribution in [0.15, 0.2) is 35.7 Å². The predicted molar refractivity (Wildman–Crippen MR) is 118 cm³/mol. The highest BCUT2D eigenvalue weighted by Crippen LogP contribution is 2.30. The van der Waals surface area contributed by atoms with Crippen molar-refractivity contribution in [2.24, 2.45) is 7.05 Å². The average molecular weight is 409 g/mol. The van der Waals surface area contributed by atoms with Gasteiger partial charge in [0.2, 0.25) is 0 Å². The van der Waals surface area contributed by atoms with Gasteiger partial charge in [0.25, 0.3) is 5.91 Å². The molecule has 2 aliphatic rings. The first kappa shape index (κ1) is 18.8. The molecule has 2 aromatic heterocycles. The number of carbonyl (C=O) groups is 1. The van der Waals surface area contributed by atoms with Crippen LogP contribution >= 0.6 is 11.3 Å². The standard InChI is InChI=1S/C23H28N4OS/c1-25-20-10-6-5-7-17(20)15-21(25)22-24-19(16-29-22)23(28)27-13-11-26(12-14-27)18-8-3-2-4-9-18/h5-7,10,15-16,18H,2-4,8-9,11-14H2,1H3. The number of para-hydroxylation sites is 1. The molecule has 6 heteroatoms. The third-order valence-corrected chi connectivity index (χ3v) is 7.45. The second kappa shape index (κ2) is 7.92. The summed E-state index contributed by atoms with van der Waals surface area (Å²) in [6, 6.07) is 11.2. The van der Waals surface area contributed by atoms with Crippen LogP contribution in [0.4, 0.5) is 0 Å². The van der Waals surface area contributed by atoms with Crippen molar-refractivity contribution in [3.05, 3.63) is 41.4 Å². The van der Waals surface area contributed by atoms with Gasteiger partial charge in [0.05, 0.1) is 5.69 Å².